The third-order valence-corrected chi connectivity index (χ3v) is 7.24. The first kappa shape index (κ1) is 29.1. The van der Waals surface area contributed by atoms with Crippen LogP contribution >= 0.6 is 0 Å². The Morgan fingerprint density at radius 1 is 1.00 bits per heavy atom. The SMILES string of the molecule is CCCCCCOC(=O)Nc1ccc(S(=O)(=O)Nc2ccc(CCNC[C@H](O)c3cccnc3)cc2)cc1. The Hall–Kier alpha value is -3.47. The predicted molar refractivity (Wildman–Crippen MR) is 149 cm³/mol. The molecule has 0 unspecified atom stereocenters. The molecular weight excluding hydrogens is 504 g/mol. The van der Waals surface area contributed by atoms with Crippen molar-refractivity contribution in [3.05, 3.63) is 84.2 Å². The number of nitrogens with zero attached hydrogens (tertiary/aromatic N) is 1. The minimum atomic E-state index is -3.79. The summed E-state index contributed by atoms with van der Waals surface area (Å²) in [5.41, 5.74) is 2.69. The Kier molecular flexibility index (Phi) is 11.5. The van der Waals surface area contributed by atoms with E-state index in [0.717, 1.165) is 43.2 Å². The second-order valence-electron chi connectivity index (χ2n) is 8.90. The number of hydrogen-bond acceptors (Lipinski definition) is 7. The Morgan fingerprint density at radius 3 is 2.42 bits per heavy atom. The molecule has 3 aromatic rings. The van der Waals surface area contributed by atoms with Gasteiger partial charge in [-0.05, 0) is 67.4 Å². The van der Waals surface area contributed by atoms with Crippen LogP contribution in [0.5, 0.6) is 0 Å². The average Bonchev–Trinajstić information content (AvgIpc) is 2.92. The van der Waals surface area contributed by atoms with Gasteiger partial charge in [0.25, 0.3) is 10.0 Å². The van der Waals surface area contributed by atoms with Gasteiger partial charge in [0.2, 0.25) is 0 Å². The number of aliphatic hydroxyl groups excluding tert-OH is 1. The van der Waals surface area contributed by atoms with Crippen LogP contribution in [0, 0.1) is 0 Å². The number of benzene rings is 2. The summed E-state index contributed by atoms with van der Waals surface area (Å²) in [4.78, 5) is 16.0. The van der Waals surface area contributed by atoms with Crippen molar-refractivity contribution in [1.82, 2.24) is 10.3 Å². The lowest BCUT2D eigenvalue weighted by Crippen LogP contribution is -2.23. The molecule has 0 aliphatic rings. The molecule has 0 bridgehead atoms. The quantitative estimate of drug-likeness (QED) is 0.202. The lowest BCUT2D eigenvalue weighted by atomic mass is 10.1. The van der Waals surface area contributed by atoms with Gasteiger partial charge < -0.3 is 15.2 Å². The monoisotopic (exact) mass is 540 g/mol. The number of amides is 1. The molecule has 1 aromatic heterocycles. The molecule has 10 heteroatoms. The number of nitrogens with one attached hydrogen (secondary N) is 3. The van der Waals surface area contributed by atoms with Crippen molar-refractivity contribution < 1.29 is 23.1 Å². The fourth-order valence-corrected chi connectivity index (χ4v) is 4.74. The number of rotatable bonds is 15. The smallest absolute Gasteiger partial charge is 0.411 e. The highest BCUT2D eigenvalue weighted by molar-refractivity contribution is 7.92. The number of unbranched alkanes of at least 4 members (excludes halogenated alkanes) is 3. The average molecular weight is 541 g/mol. The first-order valence-electron chi connectivity index (χ1n) is 12.8. The molecule has 0 aliphatic carbocycles. The summed E-state index contributed by atoms with van der Waals surface area (Å²) in [5, 5.41) is 16.0. The zero-order chi connectivity index (χ0) is 27.2. The van der Waals surface area contributed by atoms with Gasteiger partial charge in [0, 0.05) is 35.9 Å². The van der Waals surface area contributed by atoms with Crippen LogP contribution in [0.2, 0.25) is 0 Å². The summed E-state index contributed by atoms with van der Waals surface area (Å²) in [6.07, 6.45) is 6.90. The van der Waals surface area contributed by atoms with E-state index >= 15 is 0 Å². The van der Waals surface area contributed by atoms with Gasteiger partial charge in [-0.25, -0.2) is 13.2 Å². The molecular formula is C28H36N4O5S. The fraction of sp³-hybridized carbons (Fsp3) is 0.357. The van der Waals surface area contributed by atoms with E-state index in [9.17, 15) is 18.3 Å². The van der Waals surface area contributed by atoms with E-state index in [1.165, 1.54) is 24.3 Å². The Labute approximate surface area is 224 Å². The molecule has 1 heterocycles. The van der Waals surface area contributed by atoms with Gasteiger partial charge in [-0.3, -0.25) is 15.0 Å². The highest BCUT2D eigenvalue weighted by Gasteiger charge is 2.15. The summed E-state index contributed by atoms with van der Waals surface area (Å²) in [7, 11) is -3.79. The molecule has 0 saturated heterocycles. The summed E-state index contributed by atoms with van der Waals surface area (Å²) >= 11 is 0. The Balaban J connectivity index is 1.42. The summed E-state index contributed by atoms with van der Waals surface area (Å²) in [5.74, 6) is 0. The number of pyridine rings is 1. The van der Waals surface area contributed by atoms with E-state index in [1.54, 1.807) is 30.6 Å². The highest BCUT2D eigenvalue weighted by atomic mass is 32.2. The minimum Gasteiger partial charge on any atom is -0.449 e. The Bertz CT molecular complexity index is 1220. The molecule has 9 nitrogen and oxygen atoms in total. The van der Waals surface area contributed by atoms with Crippen molar-refractivity contribution in [2.45, 2.75) is 50.0 Å². The van der Waals surface area contributed by atoms with Crippen molar-refractivity contribution in [3.63, 3.8) is 0 Å². The lowest BCUT2D eigenvalue weighted by molar-refractivity contribution is 0.159. The molecule has 1 amide bonds. The van der Waals surface area contributed by atoms with E-state index < -0.39 is 22.2 Å². The number of hydrogen-bond donors (Lipinski definition) is 4. The highest BCUT2D eigenvalue weighted by Crippen LogP contribution is 2.19. The fourth-order valence-electron chi connectivity index (χ4n) is 3.68. The number of sulfonamides is 1. The molecule has 1 atom stereocenters. The zero-order valence-electron chi connectivity index (χ0n) is 21.6. The standard InChI is InChI=1S/C28H36N4O5S/c1-2-3-4-5-19-37-28(34)31-24-12-14-26(15-13-24)38(35,36)32-25-10-8-22(9-11-25)16-18-30-21-27(33)23-7-6-17-29-20-23/h6-15,17,20,27,30,32-33H,2-5,16,18-19,21H2,1H3,(H,31,34)/t27-/m0/s1. The van der Waals surface area contributed by atoms with Gasteiger partial charge in [0.1, 0.15) is 0 Å². The topological polar surface area (TPSA) is 130 Å². The maximum Gasteiger partial charge on any atom is 0.411 e. The zero-order valence-corrected chi connectivity index (χ0v) is 22.4. The van der Waals surface area contributed by atoms with Crippen LogP contribution in [-0.4, -0.2) is 44.3 Å². The van der Waals surface area contributed by atoms with Crippen molar-refractivity contribution >= 4 is 27.5 Å². The van der Waals surface area contributed by atoms with Gasteiger partial charge in [-0.1, -0.05) is 44.4 Å². The van der Waals surface area contributed by atoms with Gasteiger partial charge >= 0.3 is 6.09 Å². The van der Waals surface area contributed by atoms with Crippen molar-refractivity contribution in [1.29, 1.82) is 0 Å². The molecule has 2 aromatic carbocycles. The molecule has 0 spiro atoms. The largest absolute Gasteiger partial charge is 0.449 e. The van der Waals surface area contributed by atoms with Crippen LogP contribution in [0.15, 0.2) is 78.0 Å². The molecule has 204 valence electrons. The molecule has 0 aliphatic heterocycles. The van der Waals surface area contributed by atoms with Gasteiger partial charge in [-0.2, -0.15) is 0 Å². The number of ether oxygens (including phenoxy) is 1. The number of anilines is 2. The molecule has 4 N–H and O–H groups in total. The predicted octanol–water partition coefficient (Wildman–Crippen LogP) is 4.88. The molecule has 0 fully saturated rings. The third-order valence-electron chi connectivity index (χ3n) is 5.85. The number of carbonyl (C=O) groups is 1. The van der Waals surface area contributed by atoms with Crippen LogP contribution in [-0.2, 0) is 21.2 Å². The van der Waals surface area contributed by atoms with Gasteiger partial charge in [0.05, 0.1) is 17.6 Å². The van der Waals surface area contributed by atoms with Crippen LogP contribution in [0.4, 0.5) is 16.2 Å². The van der Waals surface area contributed by atoms with Crippen LogP contribution in [0.25, 0.3) is 0 Å². The second-order valence-corrected chi connectivity index (χ2v) is 10.6. The van der Waals surface area contributed by atoms with E-state index in [2.05, 4.69) is 27.3 Å². The first-order valence-corrected chi connectivity index (χ1v) is 14.3. The lowest BCUT2D eigenvalue weighted by Gasteiger charge is -2.12. The number of aromatic nitrogens is 1. The van der Waals surface area contributed by atoms with Crippen molar-refractivity contribution in [3.8, 4) is 0 Å². The van der Waals surface area contributed by atoms with Crippen LogP contribution in [0.1, 0.15) is 49.8 Å². The molecule has 38 heavy (non-hydrogen) atoms. The van der Waals surface area contributed by atoms with Gasteiger partial charge in [-0.15, -0.1) is 0 Å². The van der Waals surface area contributed by atoms with Crippen LogP contribution < -0.4 is 15.4 Å². The minimum absolute atomic E-state index is 0.0800. The summed E-state index contributed by atoms with van der Waals surface area (Å²) in [6.45, 7) is 3.55. The number of aliphatic hydroxyl groups is 1. The maximum absolute atomic E-state index is 12.8. The van der Waals surface area contributed by atoms with Crippen molar-refractivity contribution in [2.24, 2.45) is 0 Å². The second kappa shape index (κ2) is 15.1. The maximum atomic E-state index is 12.8. The normalized spacial score (nSPS) is 12.1. The van der Waals surface area contributed by atoms with Crippen LogP contribution in [0.3, 0.4) is 0 Å². The van der Waals surface area contributed by atoms with E-state index in [-0.39, 0.29) is 4.90 Å². The van der Waals surface area contributed by atoms with Crippen molar-refractivity contribution in [2.75, 3.05) is 29.7 Å². The molecule has 0 saturated carbocycles. The number of carbonyl (C=O) groups excluding carboxylic acids is 1. The van der Waals surface area contributed by atoms with Gasteiger partial charge in [0.15, 0.2) is 0 Å². The summed E-state index contributed by atoms with van der Waals surface area (Å²) in [6, 6.07) is 16.7. The third kappa shape index (κ3) is 9.77. The van der Waals surface area contributed by atoms with E-state index in [0.29, 0.717) is 31.1 Å². The van der Waals surface area contributed by atoms with E-state index in [4.69, 9.17) is 4.74 Å². The summed E-state index contributed by atoms with van der Waals surface area (Å²) < 4.78 is 33.3. The molecule has 0 radical (unpaired) electrons. The molecule has 3 rings (SSSR count). The Morgan fingerprint density at radius 2 is 1.74 bits per heavy atom. The van der Waals surface area contributed by atoms with E-state index in [1.807, 2.05) is 18.2 Å². The first-order chi connectivity index (χ1) is 18.4.